The molecule has 0 fully saturated rings. The van der Waals surface area contributed by atoms with Crippen molar-refractivity contribution < 1.29 is 19.2 Å². The molecule has 162 valence electrons. The molecule has 0 aromatic carbocycles. The Labute approximate surface area is 175 Å². The van der Waals surface area contributed by atoms with Crippen molar-refractivity contribution in [2.45, 2.75) is 25.9 Å². The third-order valence-electron chi connectivity index (χ3n) is 4.79. The molecule has 0 saturated carbocycles. The summed E-state index contributed by atoms with van der Waals surface area (Å²) in [7, 11) is 0. The summed E-state index contributed by atoms with van der Waals surface area (Å²) in [4.78, 5) is 50.1. The van der Waals surface area contributed by atoms with Crippen LogP contribution in [-0.2, 0) is 19.2 Å². The Morgan fingerprint density at radius 1 is 0.833 bits per heavy atom. The van der Waals surface area contributed by atoms with Crippen LogP contribution in [0.3, 0.4) is 0 Å². The van der Waals surface area contributed by atoms with Gasteiger partial charge in [-0.1, -0.05) is 12.2 Å². The van der Waals surface area contributed by atoms with Gasteiger partial charge in [0.25, 0.3) is 0 Å². The second-order valence-electron chi connectivity index (χ2n) is 7.01. The molecule has 6 N–H and O–H groups in total. The Balaban J connectivity index is 1.69. The summed E-state index contributed by atoms with van der Waals surface area (Å²) in [6, 6.07) is -0.873. The maximum Gasteiger partial charge on any atom is 0.248 e. The van der Waals surface area contributed by atoms with Gasteiger partial charge in [-0.3, -0.25) is 19.2 Å². The third kappa shape index (κ3) is 6.13. The molecule has 0 aromatic rings. The molecule has 10 heteroatoms. The predicted octanol–water partition coefficient (Wildman–Crippen LogP) is -1.52. The number of nitrogens with one attached hydrogen (secondary N) is 2. The highest BCUT2D eigenvalue weighted by Crippen LogP contribution is 2.09. The molecule has 2 unspecified atom stereocenters. The number of carbonyl (C=O) groups excluding carboxylic acids is 4. The number of amides is 4. The average Bonchev–Trinajstić information content (AvgIpc) is 2.75. The van der Waals surface area contributed by atoms with E-state index >= 15 is 0 Å². The van der Waals surface area contributed by atoms with Crippen LogP contribution in [0, 0.1) is 0 Å². The number of nitrogens with zero attached hydrogens (tertiary/aromatic N) is 2. The summed E-state index contributed by atoms with van der Waals surface area (Å²) in [6.45, 7) is 5.04. The van der Waals surface area contributed by atoms with Crippen molar-refractivity contribution in [1.82, 2.24) is 20.4 Å². The summed E-state index contributed by atoms with van der Waals surface area (Å²) >= 11 is 0. The monoisotopic (exact) mass is 416 g/mol. The molecule has 2 rings (SSSR count). The van der Waals surface area contributed by atoms with Gasteiger partial charge < -0.3 is 31.9 Å². The predicted molar refractivity (Wildman–Crippen MR) is 111 cm³/mol. The highest BCUT2D eigenvalue weighted by molar-refractivity contribution is 5.96. The van der Waals surface area contributed by atoms with E-state index < -0.39 is 23.9 Å². The number of carbonyl (C=O) groups is 4. The van der Waals surface area contributed by atoms with Crippen LogP contribution in [0.25, 0.3) is 0 Å². The second kappa shape index (κ2) is 10.5. The molecule has 30 heavy (non-hydrogen) atoms. The first-order chi connectivity index (χ1) is 14.2. The van der Waals surface area contributed by atoms with Crippen LogP contribution in [-0.4, -0.2) is 71.7 Å². The summed E-state index contributed by atoms with van der Waals surface area (Å²) in [6.07, 6.45) is 9.34. The van der Waals surface area contributed by atoms with Gasteiger partial charge in [0.2, 0.25) is 23.6 Å². The Bertz CT molecular complexity index is 761. The van der Waals surface area contributed by atoms with Gasteiger partial charge in [0, 0.05) is 49.7 Å². The lowest BCUT2D eigenvalue weighted by Crippen LogP contribution is -2.48. The largest absolute Gasteiger partial charge is 0.366 e. The normalized spacial score (nSPS) is 17.8. The van der Waals surface area contributed by atoms with E-state index in [9.17, 15) is 19.2 Å². The lowest BCUT2D eigenvalue weighted by atomic mass is 10.1. The highest BCUT2D eigenvalue weighted by atomic mass is 16.2. The van der Waals surface area contributed by atoms with Gasteiger partial charge in [-0.15, -0.1) is 0 Å². The first-order valence-corrected chi connectivity index (χ1v) is 9.64. The highest BCUT2D eigenvalue weighted by Gasteiger charge is 2.22. The van der Waals surface area contributed by atoms with Crippen LogP contribution in [0.4, 0.5) is 0 Å². The molecule has 0 aliphatic carbocycles. The SMILES string of the molecule is CC(NCCNC(C)C(=O)N1C=CC(C(N)=O)=CC1)C(=O)N1C=CC(C(N)=O)=CC1. The minimum Gasteiger partial charge on any atom is -0.366 e. The van der Waals surface area contributed by atoms with Gasteiger partial charge in [0.15, 0.2) is 0 Å². The zero-order chi connectivity index (χ0) is 22.3. The fourth-order valence-electron chi connectivity index (χ4n) is 2.93. The van der Waals surface area contributed by atoms with Gasteiger partial charge in [0.05, 0.1) is 12.1 Å². The number of hydrogen-bond acceptors (Lipinski definition) is 6. The van der Waals surface area contributed by atoms with Crippen LogP contribution < -0.4 is 22.1 Å². The molecular weight excluding hydrogens is 388 g/mol. The van der Waals surface area contributed by atoms with E-state index in [-0.39, 0.29) is 11.8 Å². The van der Waals surface area contributed by atoms with E-state index in [2.05, 4.69) is 10.6 Å². The smallest absolute Gasteiger partial charge is 0.248 e. The second-order valence-corrected chi connectivity index (χ2v) is 7.01. The van der Waals surface area contributed by atoms with Crippen molar-refractivity contribution in [3.05, 3.63) is 47.9 Å². The summed E-state index contributed by atoms with van der Waals surface area (Å²) < 4.78 is 0. The van der Waals surface area contributed by atoms with Crippen molar-refractivity contribution in [1.29, 1.82) is 0 Å². The van der Waals surface area contributed by atoms with Crippen molar-refractivity contribution in [2.24, 2.45) is 11.5 Å². The molecule has 0 saturated heterocycles. The maximum absolute atomic E-state index is 12.4. The van der Waals surface area contributed by atoms with E-state index in [1.807, 2.05) is 0 Å². The maximum atomic E-state index is 12.4. The number of hydrogen-bond donors (Lipinski definition) is 4. The minimum atomic E-state index is -0.524. The van der Waals surface area contributed by atoms with Crippen molar-refractivity contribution in [3.8, 4) is 0 Å². The number of primary amides is 2. The van der Waals surface area contributed by atoms with E-state index in [1.165, 1.54) is 22.0 Å². The van der Waals surface area contributed by atoms with Gasteiger partial charge in [-0.05, 0) is 26.0 Å². The Morgan fingerprint density at radius 2 is 1.20 bits per heavy atom. The molecule has 2 atom stereocenters. The van der Waals surface area contributed by atoms with Crippen molar-refractivity contribution in [2.75, 3.05) is 26.2 Å². The van der Waals surface area contributed by atoms with Crippen LogP contribution in [0.15, 0.2) is 47.9 Å². The lowest BCUT2D eigenvalue weighted by Gasteiger charge is -2.25. The molecule has 10 nitrogen and oxygen atoms in total. The molecule has 2 aliphatic rings. The first-order valence-electron chi connectivity index (χ1n) is 9.64. The van der Waals surface area contributed by atoms with Crippen molar-refractivity contribution >= 4 is 23.6 Å². The Morgan fingerprint density at radius 3 is 1.47 bits per heavy atom. The molecular formula is C20H28N6O4. The summed E-state index contributed by atoms with van der Waals surface area (Å²) in [5.74, 6) is -1.32. The lowest BCUT2D eigenvalue weighted by molar-refractivity contribution is -0.131. The summed E-state index contributed by atoms with van der Waals surface area (Å²) in [5.41, 5.74) is 11.2. The molecule has 0 aromatic heterocycles. The fourth-order valence-corrected chi connectivity index (χ4v) is 2.93. The van der Waals surface area contributed by atoms with Gasteiger partial charge >= 0.3 is 0 Å². The van der Waals surface area contributed by atoms with E-state index in [1.54, 1.807) is 38.4 Å². The molecule has 0 bridgehead atoms. The molecule has 2 heterocycles. The average molecular weight is 416 g/mol. The molecule has 2 aliphatic heterocycles. The fraction of sp³-hybridized carbons (Fsp3) is 0.400. The van der Waals surface area contributed by atoms with Crippen LogP contribution >= 0.6 is 0 Å². The number of rotatable bonds is 9. The molecule has 4 amide bonds. The molecule has 0 radical (unpaired) electrons. The standard InChI is InChI=1S/C20H28N6O4/c1-13(19(29)25-9-3-15(4-10-25)17(21)27)23-7-8-24-14(2)20(30)26-11-5-16(6-12-26)18(22)28/h3-6,9,11,13-14,23-24H,7-8,10,12H2,1-2H3,(H2,21,27)(H2,22,28). The Hall–Kier alpha value is -3.24. The molecule has 0 spiro atoms. The van der Waals surface area contributed by atoms with E-state index in [0.29, 0.717) is 37.3 Å². The van der Waals surface area contributed by atoms with Gasteiger partial charge in [0.1, 0.15) is 0 Å². The van der Waals surface area contributed by atoms with E-state index in [0.717, 1.165) is 0 Å². The zero-order valence-corrected chi connectivity index (χ0v) is 17.1. The van der Waals surface area contributed by atoms with E-state index in [4.69, 9.17) is 11.5 Å². The minimum absolute atomic E-state index is 0.134. The quantitative estimate of drug-likeness (QED) is 0.335. The van der Waals surface area contributed by atoms with Gasteiger partial charge in [-0.25, -0.2) is 0 Å². The third-order valence-corrected chi connectivity index (χ3v) is 4.79. The van der Waals surface area contributed by atoms with Crippen molar-refractivity contribution in [3.63, 3.8) is 0 Å². The van der Waals surface area contributed by atoms with Crippen LogP contribution in [0.1, 0.15) is 13.8 Å². The zero-order valence-electron chi connectivity index (χ0n) is 17.1. The number of nitrogens with two attached hydrogens (primary N) is 2. The van der Waals surface area contributed by atoms with Gasteiger partial charge in [-0.2, -0.15) is 0 Å². The Kier molecular flexibility index (Phi) is 8.07. The first kappa shape index (κ1) is 23.0. The summed E-state index contributed by atoms with van der Waals surface area (Å²) in [5, 5.41) is 6.21. The van der Waals surface area contributed by atoms with Crippen LogP contribution in [0.2, 0.25) is 0 Å². The van der Waals surface area contributed by atoms with Crippen LogP contribution in [0.5, 0.6) is 0 Å². The topological polar surface area (TPSA) is 151 Å².